The third-order valence-corrected chi connectivity index (χ3v) is 8.09. The number of aryl methyl sites for hydroxylation is 1. The number of fused-ring (bicyclic) bond motifs is 2. The van der Waals surface area contributed by atoms with Gasteiger partial charge in [0, 0.05) is 25.6 Å². The van der Waals surface area contributed by atoms with Crippen LogP contribution in [0.25, 0.3) is 0 Å². The molecule has 3 heterocycles. The summed E-state index contributed by atoms with van der Waals surface area (Å²) in [5, 5.41) is 3.90. The number of rotatable bonds is 5. The number of aromatic nitrogens is 2. The fourth-order valence-corrected chi connectivity index (χ4v) is 5.96. The molecule has 0 N–H and O–H groups in total. The number of anilines is 1. The Morgan fingerprint density at radius 2 is 1.97 bits per heavy atom. The van der Waals surface area contributed by atoms with Crippen molar-refractivity contribution in [2.24, 2.45) is 0 Å². The van der Waals surface area contributed by atoms with Gasteiger partial charge in [-0.25, -0.2) is 8.42 Å². The van der Waals surface area contributed by atoms with Crippen LogP contribution in [0, 0.1) is 0 Å². The Kier molecular flexibility index (Phi) is 5.59. The van der Waals surface area contributed by atoms with Gasteiger partial charge in [-0.1, -0.05) is 47.9 Å². The quantitative estimate of drug-likeness (QED) is 0.543. The molecule has 2 aliphatic rings. The van der Waals surface area contributed by atoms with Crippen LogP contribution < -0.4 is 9.64 Å². The van der Waals surface area contributed by atoms with E-state index in [4.69, 9.17) is 20.9 Å². The molecule has 5 rings (SSSR count). The zero-order chi connectivity index (χ0) is 23.2. The van der Waals surface area contributed by atoms with Gasteiger partial charge in [0.05, 0.1) is 17.3 Å². The fraction of sp³-hybridized carbons (Fsp3) is 0.318. The average Bonchev–Trinajstić information content (AvgIpc) is 3.28. The summed E-state index contributed by atoms with van der Waals surface area (Å²) in [4.78, 5) is 18.1. The first-order valence-corrected chi connectivity index (χ1v) is 12.3. The SMILES string of the molecule is CCc1nc(CN2C(=O)COc3cc(S(=O)(=O)N4CCc5ccccc5C4)c(Cl)cc32)no1. The van der Waals surface area contributed by atoms with E-state index in [0.29, 0.717) is 36.8 Å². The molecule has 0 unspecified atom stereocenters. The highest BCUT2D eigenvalue weighted by atomic mass is 35.5. The lowest BCUT2D eigenvalue weighted by atomic mass is 10.0. The van der Waals surface area contributed by atoms with E-state index >= 15 is 0 Å². The Balaban J connectivity index is 1.47. The van der Waals surface area contributed by atoms with Crippen molar-refractivity contribution in [2.45, 2.75) is 37.8 Å². The molecule has 0 spiro atoms. The number of benzene rings is 2. The fourth-order valence-electron chi connectivity index (χ4n) is 4.03. The molecule has 0 radical (unpaired) electrons. The number of amides is 1. The Labute approximate surface area is 195 Å². The first kappa shape index (κ1) is 21.9. The normalized spacial score (nSPS) is 16.3. The van der Waals surface area contributed by atoms with Crippen molar-refractivity contribution < 1.29 is 22.5 Å². The van der Waals surface area contributed by atoms with Crippen LogP contribution in [0.5, 0.6) is 5.75 Å². The van der Waals surface area contributed by atoms with Crippen LogP contribution in [-0.2, 0) is 40.7 Å². The summed E-state index contributed by atoms with van der Waals surface area (Å²) in [5.41, 5.74) is 2.48. The van der Waals surface area contributed by atoms with Crippen molar-refractivity contribution in [3.05, 3.63) is 64.3 Å². The van der Waals surface area contributed by atoms with Crippen molar-refractivity contribution in [1.29, 1.82) is 0 Å². The second kappa shape index (κ2) is 8.44. The number of halogens is 1. The second-order valence-corrected chi connectivity index (χ2v) is 10.1. The van der Waals surface area contributed by atoms with E-state index in [-0.39, 0.29) is 41.3 Å². The van der Waals surface area contributed by atoms with Crippen molar-refractivity contribution >= 4 is 33.2 Å². The summed E-state index contributed by atoms with van der Waals surface area (Å²) in [5.74, 6) is 0.750. The average molecular weight is 489 g/mol. The highest BCUT2D eigenvalue weighted by Gasteiger charge is 2.34. The highest BCUT2D eigenvalue weighted by Crippen LogP contribution is 2.40. The molecule has 0 aliphatic carbocycles. The summed E-state index contributed by atoms with van der Waals surface area (Å²) in [6.45, 7) is 2.34. The summed E-state index contributed by atoms with van der Waals surface area (Å²) in [6.07, 6.45) is 1.20. The number of carbonyl (C=O) groups is 1. The lowest BCUT2D eigenvalue weighted by Gasteiger charge is -2.31. The molecule has 0 saturated carbocycles. The Morgan fingerprint density at radius 3 is 2.73 bits per heavy atom. The van der Waals surface area contributed by atoms with Gasteiger partial charge in [-0.3, -0.25) is 9.69 Å². The number of ether oxygens (including phenoxy) is 1. The van der Waals surface area contributed by atoms with Crippen molar-refractivity contribution in [1.82, 2.24) is 14.4 Å². The Bertz CT molecular complexity index is 1340. The number of sulfonamides is 1. The maximum Gasteiger partial charge on any atom is 0.265 e. The van der Waals surface area contributed by atoms with Crippen LogP contribution in [-0.4, -0.2) is 41.9 Å². The van der Waals surface area contributed by atoms with Crippen molar-refractivity contribution in [3.63, 3.8) is 0 Å². The lowest BCUT2D eigenvalue weighted by Crippen LogP contribution is -2.39. The molecule has 3 aromatic rings. The van der Waals surface area contributed by atoms with E-state index in [1.807, 2.05) is 31.2 Å². The van der Waals surface area contributed by atoms with Gasteiger partial charge < -0.3 is 9.26 Å². The van der Waals surface area contributed by atoms with Crippen LogP contribution in [0.1, 0.15) is 29.8 Å². The molecule has 0 atom stereocenters. The molecule has 0 fully saturated rings. The number of hydrogen-bond acceptors (Lipinski definition) is 7. The Morgan fingerprint density at radius 1 is 1.18 bits per heavy atom. The second-order valence-electron chi connectivity index (χ2n) is 7.83. The molecule has 1 aromatic heterocycles. The van der Waals surface area contributed by atoms with Gasteiger partial charge in [0.1, 0.15) is 10.6 Å². The zero-order valence-electron chi connectivity index (χ0n) is 17.8. The largest absolute Gasteiger partial charge is 0.482 e. The maximum atomic E-state index is 13.4. The van der Waals surface area contributed by atoms with Crippen LogP contribution >= 0.6 is 11.6 Å². The molecule has 172 valence electrons. The first-order chi connectivity index (χ1) is 15.9. The third-order valence-electron chi connectivity index (χ3n) is 5.78. The minimum Gasteiger partial charge on any atom is -0.482 e. The molecule has 11 heteroatoms. The molecule has 1 amide bonds. The first-order valence-electron chi connectivity index (χ1n) is 10.5. The molecule has 0 saturated heterocycles. The number of carbonyl (C=O) groups excluding carboxylic acids is 1. The van der Waals surface area contributed by atoms with Gasteiger partial charge in [-0.05, 0) is 23.6 Å². The Hall–Kier alpha value is -2.95. The van der Waals surface area contributed by atoms with E-state index in [9.17, 15) is 13.2 Å². The van der Waals surface area contributed by atoms with E-state index in [1.54, 1.807) is 0 Å². The van der Waals surface area contributed by atoms with Gasteiger partial charge in [0.2, 0.25) is 15.9 Å². The summed E-state index contributed by atoms with van der Waals surface area (Å²) >= 11 is 6.46. The van der Waals surface area contributed by atoms with Crippen LogP contribution in [0.4, 0.5) is 5.69 Å². The lowest BCUT2D eigenvalue weighted by molar-refractivity contribution is -0.121. The topological polar surface area (TPSA) is 106 Å². The monoisotopic (exact) mass is 488 g/mol. The summed E-state index contributed by atoms with van der Waals surface area (Å²) < 4.78 is 39.0. The van der Waals surface area contributed by atoms with Crippen molar-refractivity contribution in [3.8, 4) is 5.75 Å². The van der Waals surface area contributed by atoms with Gasteiger partial charge in [-0.15, -0.1) is 0 Å². The molecular weight excluding hydrogens is 468 g/mol. The smallest absolute Gasteiger partial charge is 0.265 e. The molecule has 0 bridgehead atoms. The van der Waals surface area contributed by atoms with Crippen LogP contribution in [0.2, 0.25) is 5.02 Å². The molecule has 9 nitrogen and oxygen atoms in total. The van der Waals surface area contributed by atoms with E-state index < -0.39 is 10.0 Å². The number of hydrogen-bond donors (Lipinski definition) is 0. The molecule has 33 heavy (non-hydrogen) atoms. The molecule has 2 aliphatic heterocycles. The van der Waals surface area contributed by atoms with E-state index in [0.717, 1.165) is 11.1 Å². The van der Waals surface area contributed by atoms with Gasteiger partial charge in [-0.2, -0.15) is 9.29 Å². The minimum atomic E-state index is -3.88. The van der Waals surface area contributed by atoms with Crippen molar-refractivity contribution in [2.75, 3.05) is 18.1 Å². The van der Waals surface area contributed by atoms with E-state index in [1.165, 1.54) is 21.3 Å². The molecular formula is C22H21ClN4O5S. The van der Waals surface area contributed by atoms with Gasteiger partial charge in [0.15, 0.2) is 12.4 Å². The van der Waals surface area contributed by atoms with Crippen LogP contribution in [0.3, 0.4) is 0 Å². The summed E-state index contributed by atoms with van der Waals surface area (Å²) in [7, 11) is -3.88. The van der Waals surface area contributed by atoms with Crippen LogP contribution in [0.15, 0.2) is 45.8 Å². The van der Waals surface area contributed by atoms with Gasteiger partial charge >= 0.3 is 0 Å². The minimum absolute atomic E-state index is 0.0123. The summed E-state index contributed by atoms with van der Waals surface area (Å²) in [6, 6.07) is 10.6. The predicted molar refractivity (Wildman–Crippen MR) is 120 cm³/mol. The van der Waals surface area contributed by atoms with Gasteiger partial charge in [0.25, 0.3) is 5.91 Å². The number of nitrogens with zero attached hydrogens (tertiary/aromatic N) is 4. The maximum absolute atomic E-state index is 13.4. The molecule has 2 aromatic carbocycles. The highest BCUT2D eigenvalue weighted by molar-refractivity contribution is 7.89. The third kappa shape index (κ3) is 3.98. The predicted octanol–water partition coefficient (Wildman–Crippen LogP) is 2.96. The zero-order valence-corrected chi connectivity index (χ0v) is 19.4. The van der Waals surface area contributed by atoms with E-state index in [2.05, 4.69) is 10.1 Å². The standard InChI is InChI=1S/C22H21ClN4O5S/c1-2-21-24-20(25-32-21)12-27-17-9-16(23)19(10-18(17)31-13-22(27)28)33(29,30)26-8-7-14-5-3-4-6-15(14)11-26/h3-6,9-10H,2,7-8,11-13H2,1H3.